The molecule has 2 aliphatic heterocycles. The first-order valence-electron chi connectivity index (χ1n) is 12.0. The van der Waals surface area contributed by atoms with E-state index in [1.165, 1.54) is 0 Å². The van der Waals surface area contributed by atoms with Gasteiger partial charge in [0, 0.05) is 48.6 Å². The van der Waals surface area contributed by atoms with Gasteiger partial charge in [-0.15, -0.1) is 0 Å². The van der Waals surface area contributed by atoms with Crippen molar-refractivity contribution in [2.24, 2.45) is 0 Å². The molecule has 0 bridgehead atoms. The van der Waals surface area contributed by atoms with Gasteiger partial charge in [0.25, 0.3) is 5.91 Å². The molecule has 2 aromatic carbocycles. The van der Waals surface area contributed by atoms with Crippen LogP contribution in [0.25, 0.3) is 0 Å². The quantitative estimate of drug-likeness (QED) is 0.574. The molecule has 35 heavy (non-hydrogen) atoms. The van der Waals surface area contributed by atoms with E-state index in [2.05, 4.69) is 15.3 Å². The van der Waals surface area contributed by atoms with Crippen molar-refractivity contribution in [2.45, 2.75) is 52.6 Å². The monoisotopic (exact) mass is 470 g/mol. The van der Waals surface area contributed by atoms with Gasteiger partial charge in [0.05, 0.1) is 12.0 Å². The summed E-state index contributed by atoms with van der Waals surface area (Å²) in [4.78, 5) is 36.9. The summed E-state index contributed by atoms with van der Waals surface area (Å²) in [5.74, 6) is 1.29. The van der Waals surface area contributed by atoms with Gasteiger partial charge in [-0.2, -0.15) is 0 Å². The number of carbonyl (C=O) groups excluding carboxylic acids is 2. The van der Waals surface area contributed by atoms with E-state index in [4.69, 9.17) is 4.74 Å². The molecule has 180 valence electrons. The molecule has 3 heterocycles. The number of benzene rings is 2. The first-order chi connectivity index (χ1) is 16.7. The Bertz CT molecular complexity index is 1310. The number of fused-ring (bicyclic) bond motifs is 1. The van der Waals surface area contributed by atoms with Crippen molar-refractivity contribution < 1.29 is 14.3 Å². The number of anilines is 2. The van der Waals surface area contributed by atoms with Gasteiger partial charge in [-0.3, -0.25) is 9.59 Å². The molecule has 0 radical (unpaired) electrons. The average molecular weight is 471 g/mol. The van der Waals surface area contributed by atoms with E-state index in [9.17, 15) is 9.59 Å². The van der Waals surface area contributed by atoms with Crippen molar-refractivity contribution in [3.63, 3.8) is 0 Å². The van der Waals surface area contributed by atoms with E-state index in [0.29, 0.717) is 55.2 Å². The number of rotatable bonds is 3. The maximum atomic E-state index is 13.3. The number of carbonyl (C=O) groups is 2. The molecule has 1 saturated heterocycles. The van der Waals surface area contributed by atoms with Crippen molar-refractivity contribution >= 4 is 23.3 Å². The van der Waals surface area contributed by atoms with Gasteiger partial charge >= 0.3 is 0 Å². The summed E-state index contributed by atoms with van der Waals surface area (Å²) in [5.41, 5.74) is 5.47. The number of aryl methyl sites for hydroxylation is 4. The lowest BCUT2D eigenvalue weighted by Crippen LogP contribution is -2.52. The number of piperidine rings is 1. The highest BCUT2D eigenvalue weighted by atomic mass is 16.5. The fraction of sp³-hybridized carbons (Fsp3) is 0.357. The third-order valence-corrected chi connectivity index (χ3v) is 7.02. The average Bonchev–Trinajstić information content (AvgIpc) is 2.80. The molecular weight excluding hydrogens is 440 g/mol. The normalized spacial score (nSPS) is 16.6. The Morgan fingerprint density at radius 1 is 0.971 bits per heavy atom. The third-order valence-electron chi connectivity index (χ3n) is 7.02. The Labute approximate surface area is 205 Å². The Balaban J connectivity index is 1.28. The Morgan fingerprint density at radius 3 is 2.37 bits per heavy atom. The topological polar surface area (TPSA) is 84.4 Å². The summed E-state index contributed by atoms with van der Waals surface area (Å²) in [7, 11) is 0. The molecule has 0 aliphatic carbocycles. The number of hydrogen-bond donors (Lipinski definition) is 1. The van der Waals surface area contributed by atoms with Crippen molar-refractivity contribution in [2.75, 3.05) is 18.4 Å². The molecule has 7 nitrogen and oxygen atoms in total. The fourth-order valence-electron chi connectivity index (χ4n) is 4.97. The molecule has 0 saturated carbocycles. The molecule has 5 rings (SSSR count). The van der Waals surface area contributed by atoms with Crippen LogP contribution in [0, 0.1) is 27.7 Å². The number of nitrogens with one attached hydrogen (secondary N) is 1. The van der Waals surface area contributed by atoms with Crippen LogP contribution >= 0.6 is 0 Å². The summed E-state index contributed by atoms with van der Waals surface area (Å²) in [6, 6.07) is 13.2. The van der Waals surface area contributed by atoms with E-state index in [1.54, 1.807) is 0 Å². The molecular formula is C28H30N4O3. The molecule has 0 unspecified atom stereocenters. The van der Waals surface area contributed by atoms with Crippen LogP contribution in [0.1, 0.15) is 62.5 Å². The Kier molecular flexibility index (Phi) is 5.79. The Morgan fingerprint density at radius 2 is 1.66 bits per heavy atom. The number of amides is 1. The SMILES string of the molecule is Cc1cc(C)nc(Nc2cccc(C(=O)N3CCC4(CC3)CC(=O)c3cc(C)c(C)cc3O4)c2)n1. The number of nitrogens with zero attached hydrogens (tertiary/aromatic N) is 3. The van der Waals surface area contributed by atoms with Gasteiger partial charge in [-0.1, -0.05) is 6.07 Å². The van der Waals surface area contributed by atoms with Crippen LogP contribution in [-0.2, 0) is 0 Å². The Hall–Kier alpha value is -3.74. The van der Waals surface area contributed by atoms with Gasteiger partial charge < -0.3 is 15.0 Å². The highest BCUT2D eigenvalue weighted by molar-refractivity contribution is 6.01. The minimum atomic E-state index is -0.535. The van der Waals surface area contributed by atoms with Crippen molar-refractivity contribution in [3.05, 3.63) is 76.1 Å². The van der Waals surface area contributed by atoms with E-state index in [1.807, 2.05) is 75.1 Å². The predicted molar refractivity (Wildman–Crippen MR) is 135 cm³/mol. The minimum Gasteiger partial charge on any atom is -0.486 e. The molecule has 0 atom stereocenters. The van der Waals surface area contributed by atoms with Crippen molar-refractivity contribution in [1.29, 1.82) is 0 Å². The second-order valence-corrected chi connectivity index (χ2v) is 9.79. The summed E-state index contributed by atoms with van der Waals surface area (Å²) < 4.78 is 6.42. The first kappa shape index (κ1) is 23.0. The molecule has 7 heteroatoms. The maximum Gasteiger partial charge on any atom is 0.253 e. The number of hydrogen-bond acceptors (Lipinski definition) is 6. The van der Waals surface area contributed by atoms with Gasteiger partial charge in [-0.05, 0) is 75.2 Å². The predicted octanol–water partition coefficient (Wildman–Crippen LogP) is 5.09. The highest BCUT2D eigenvalue weighted by Crippen LogP contribution is 2.40. The lowest BCUT2D eigenvalue weighted by molar-refractivity contribution is -0.00575. The van der Waals surface area contributed by atoms with Gasteiger partial charge in [0.2, 0.25) is 5.95 Å². The van der Waals surface area contributed by atoms with E-state index >= 15 is 0 Å². The lowest BCUT2D eigenvalue weighted by atomic mass is 9.81. The molecule has 3 aromatic rings. The smallest absolute Gasteiger partial charge is 0.253 e. The first-order valence-corrected chi connectivity index (χ1v) is 12.0. The number of ether oxygens (including phenoxy) is 1. The van der Waals surface area contributed by atoms with Crippen LogP contribution in [0.3, 0.4) is 0 Å². The minimum absolute atomic E-state index is 0.0288. The van der Waals surface area contributed by atoms with Gasteiger partial charge in [0.15, 0.2) is 5.78 Å². The molecule has 1 amide bonds. The van der Waals surface area contributed by atoms with Crippen LogP contribution in [-0.4, -0.2) is 45.2 Å². The summed E-state index contributed by atoms with van der Waals surface area (Å²) in [6.45, 7) is 8.98. The summed E-state index contributed by atoms with van der Waals surface area (Å²) in [6.07, 6.45) is 1.62. The molecule has 1 aromatic heterocycles. The summed E-state index contributed by atoms with van der Waals surface area (Å²) >= 11 is 0. The zero-order chi connectivity index (χ0) is 24.7. The van der Waals surface area contributed by atoms with E-state index < -0.39 is 5.60 Å². The van der Waals surface area contributed by atoms with Crippen LogP contribution < -0.4 is 10.1 Å². The molecule has 1 N–H and O–H groups in total. The maximum absolute atomic E-state index is 13.3. The van der Waals surface area contributed by atoms with E-state index in [-0.39, 0.29) is 11.7 Å². The summed E-state index contributed by atoms with van der Waals surface area (Å²) in [5, 5.41) is 3.20. The largest absolute Gasteiger partial charge is 0.486 e. The molecule has 1 fully saturated rings. The van der Waals surface area contributed by atoms with Gasteiger partial charge in [0.1, 0.15) is 11.4 Å². The van der Waals surface area contributed by atoms with E-state index in [0.717, 1.165) is 28.2 Å². The number of ketones is 1. The fourth-order valence-corrected chi connectivity index (χ4v) is 4.97. The second-order valence-electron chi connectivity index (χ2n) is 9.79. The lowest BCUT2D eigenvalue weighted by Gasteiger charge is -2.44. The molecule has 1 spiro atoms. The van der Waals surface area contributed by atoms with Crippen LogP contribution in [0.15, 0.2) is 42.5 Å². The van der Waals surface area contributed by atoms with Gasteiger partial charge in [-0.25, -0.2) is 9.97 Å². The zero-order valence-electron chi connectivity index (χ0n) is 20.6. The standard InChI is InChI=1S/C28H30N4O3/c1-17-12-23-24(33)16-28(35-25(23)13-18(17)2)8-10-32(11-9-28)26(34)21-6-5-7-22(15-21)31-27-29-19(3)14-20(4)30-27/h5-7,12-15H,8-11,16H2,1-4H3,(H,29,30,31). The van der Waals surface area contributed by atoms with Crippen molar-refractivity contribution in [1.82, 2.24) is 14.9 Å². The number of Topliss-reactive ketones (excluding diaryl/α,β-unsaturated/α-hetero) is 1. The van der Waals surface area contributed by atoms with Crippen molar-refractivity contribution in [3.8, 4) is 5.75 Å². The van der Waals surface area contributed by atoms with Crippen LogP contribution in [0.5, 0.6) is 5.75 Å². The zero-order valence-corrected chi connectivity index (χ0v) is 20.6. The van der Waals surface area contributed by atoms with Crippen LogP contribution in [0.2, 0.25) is 0 Å². The number of likely N-dealkylation sites (tertiary alicyclic amines) is 1. The second kappa shape index (κ2) is 8.80. The molecule has 2 aliphatic rings. The van der Waals surface area contributed by atoms with Crippen LogP contribution in [0.4, 0.5) is 11.6 Å². The number of aromatic nitrogens is 2. The highest BCUT2D eigenvalue weighted by Gasteiger charge is 2.43. The third kappa shape index (κ3) is 4.63.